The Morgan fingerprint density at radius 2 is 2.14 bits per heavy atom. The van der Waals surface area contributed by atoms with Crippen molar-refractivity contribution >= 4 is 5.69 Å². The third-order valence-corrected chi connectivity index (χ3v) is 3.79. The average Bonchev–Trinajstić information content (AvgIpc) is 2.71. The first-order chi connectivity index (χ1) is 10.3. The molecule has 1 aliphatic rings. The molecule has 4 heteroatoms. The molecule has 1 aromatic carbocycles. The summed E-state index contributed by atoms with van der Waals surface area (Å²) in [4.78, 5) is 2.34. The molecule has 0 fully saturated rings. The standard InChI is InChI=1S/C17H22N2O2/c1-13-10-14(21-17(13)11-18-2)12-19-8-5-9-20-16-7-4-3-6-15(16)19/h3-4,6-7,10,18H,5,8-9,11-12H2,1-2H3. The second kappa shape index (κ2) is 6.22. The van der Waals surface area contributed by atoms with Gasteiger partial charge in [-0.25, -0.2) is 0 Å². The minimum Gasteiger partial charge on any atom is -0.491 e. The van der Waals surface area contributed by atoms with Gasteiger partial charge in [0.05, 0.1) is 25.4 Å². The second-order valence-electron chi connectivity index (χ2n) is 5.44. The van der Waals surface area contributed by atoms with Gasteiger partial charge in [-0.2, -0.15) is 0 Å². The number of hydrogen-bond acceptors (Lipinski definition) is 4. The van der Waals surface area contributed by atoms with E-state index < -0.39 is 0 Å². The van der Waals surface area contributed by atoms with Crippen LogP contribution in [0.3, 0.4) is 0 Å². The number of para-hydroxylation sites is 2. The monoisotopic (exact) mass is 286 g/mol. The summed E-state index contributed by atoms with van der Waals surface area (Å²) < 4.78 is 11.8. The first kappa shape index (κ1) is 14.0. The van der Waals surface area contributed by atoms with E-state index in [-0.39, 0.29) is 0 Å². The van der Waals surface area contributed by atoms with Crippen LogP contribution in [0, 0.1) is 6.92 Å². The molecule has 1 aromatic heterocycles. The van der Waals surface area contributed by atoms with Gasteiger partial charge in [0.1, 0.15) is 17.3 Å². The maximum Gasteiger partial charge on any atom is 0.142 e. The lowest BCUT2D eigenvalue weighted by Gasteiger charge is -2.22. The van der Waals surface area contributed by atoms with Crippen molar-refractivity contribution in [3.8, 4) is 5.75 Å². The predicted octanol–water partition coefficient (Wildman–Crippen LogP) is 3.10. The van der Waals surface area contributed by atoms with Crippen LogP contribution in [0.15, 0.2) is 34.7 Å². The summed E-state index contributed by atoms with van der Waals surface area (Å²) in [6.07, 6.45) is 1.03. The predicted molar refractivity (Wildman–Crippen MR) is 83.8 cm³/mol. The number of anilines is 1. The van der Waals surface area contributed by atoms with Crippen LogP contribution in [0.4, 0.5) is 5.69 Å². The van der Waals surface area contributed by atoms with Crippen molar-refractivity contribution in [3.05, 3.63) is 47.4 Å². The molecule has 0 unspecified atom stereocenters. The number of hydrogen-bond donors (Lipinski definition) is 1. The molecule has 2 heterocycles. The molecule has 2 aromatic rings. The van der Waals surface area contributed by atoms with Gasteiger partial charge in [-0.15, -0.1) is 0 Å². The Morgan fingerprint density at radius 3 is 3.00 bits per heavy atom. The van der Waals surface area contributed by atoms with Crippen molar-refractivity contribution in [1.29, 1.82) is 0 Å². The summed E-state index contributed by atoms with van der Waals surface area (Å²) in [5.41, 5.74) is 2.36. The van der Waals surface area contributed by atoms with Crippen LogP contribution >= 0.6 is 0 Å². The van der Waals surface area contributed by atoms with Crippen LogP contribution in [-0.2, 0) is 13.1 Å². The Bertz CT molecular complexity index is 607. The molecule has 0 atom stereocenters. The van der Waals surface area contributed by atoms with E-state index in [1.807, 2.05) is 19.2 Å². The van der Waals surface area contributed by atoms with Crippen LogP contribution in [0.25, 0.3) is 0 Å². The largest absolute Gasteiger partial charge is 0.491 e. The Morgan fingerprint density at radius 1 is 1.29 bits per heavy atom. The smallest absolute Gasteiger partial charge is 0.142 e. The van der Waals surface area contributed by atoms with Gasteiger partial charge in [-0.1, -0.05) is 12.1 Å². The highest BCUT2D eigenvalue weighted by Gasteiger charge is 2.18. The number of fused-ring (bicyclic) bond motifs is 1. The SMILES string of the molecule is CNCc1oc(CN2CCCOc3ccccc32)cc1C. The lowest BCUT2D eigenvalue weighted by atomic mass is 10.2. The average molecular weight is 286 g/mol. The zero-order valence-corrected chi connectivity index (χ0v) is 12.7. The van der Waals surface area contributed by atoms with E-state index in [2.05, 4.69) is 35.3 Å². The van der Waals surface area contributed by atoms with Crippen molar-refractivity contribution in [2.24, 2.45) is 0 Å². The molecule has 0 bridgehead atoms. The molecule has 21 heavy (non-hydrogen) atoms. The Kier molecular flexibility index (Phi) is 4.15. The molecule has 1 aliphatic heterocycles. The maximum atomic E-state index is 5.97. The van der Waals surface area contributed by atoms with Crippen molar-refractivity contribution in [2.45, 2.75) is 26.4 Å². The highest BCUT2D eigenvalue weighted by atomic mass is 16.5. The third-order valence-electron chi connectivity index (χ3n) is 3.79. The minimum atomic E-state index is 0.769. The zero-order chi connectivity index (χ0) is 14.7. The number of ether oxygens (including phenoxy) is 1. The van der Waals surface area contributed by atoms with Crippen molar-refractivity contribution in [1.82, 2.24) is 5.32 Å². The van der Waals surface area contributed by atoms with Crippen molar-refractivity contribution in [2.75, 3.05) is 25.1 Å². The molecule has 0 saturated heterocycles. The van der Waals surface area contributed by atoms with Crippen LogP contribution in [0.1, 0.15) is 23.5 Å². The summed E-state index contributed by atoms with van der Waals surface area (Å²) in [6, 6.07) is 10.4. The first-order valence-corrected chi connectivity index (χ1v) is 7.47. The number of furan rings is 1. The molecule has 0 radical (unpaired) electrons. The van der Waals surface area contributed by atoms with Gasteiger partial charge in [0.2, 0.25) is 0 Å². The van der Waals surface area contributed by atoms with E-state index >= 15 is 0 Å². The quantitative estimate of drug-likeness (QED) is 0.937. The second-order valence-corrected chi connectivity index (χ2v) is 5.44. The van der Waals surface area contributed by atoms with Gasteiger partial charge in [-0.05, 0) is 44.2 Å². The van der Waals surface area contributed by atoms with E-state index in [0.29, 0.717) is 0 Å². The van der Waals surface area contributed by atoms with Crippen molar-refractivity contribution < 1.29 is 9.15 Å². The van der Waals surface area contributed by atoms with Crippen molar-refractivity contribution in [3.63, 3.8) is 0 Å². The summed E-state index contributed by atoms with van der Waals surface area (Å²) in [7, 11) is 1.93. The number of nitrogens with zero attached hydrogens (tertiary/aromatic N) is 1. The lowest BCUT2D eigenvalue weighted by Crippen LogP contribution is -2.22. The van der Waals surface area contributed by atoms with Gasteiger partial charge < -0.3 is 19.4 Å². The molecular weight excluding hydrogens is 264 g/mol. The Hall–Kier alpha value is -1.94. The highest BCUT2D eigenvalue weighted by molar-refractivity contribution is 5.59. The summed E-state index contributed by atoms with van der Waals surface area (Å²) in [5.74, 6) is 3.00. The molecule has 3 rings (SSSR count). The molecule has 0 spiro atoms. The summed E-state index contributed by atoms with van der Waals surface area (Å²) in [6.45, 7) is 5.41. The molecule has 112 valence electrons. The number of aryl methyl sites for hydroxylation is 1. The number of nitrogens with one attached hydrogen (secondary N) is 1. The fourth-order valence-corrected chi connectivity index (χ4v) is 2.75. The molecule has 4 nitrogen and oxygen atoms in total. The highest BCUT2D eigenvalue weighted by Crippen LogP contribution is 2.32. The number of benzene rings is 1. The van der Waals surface area contributed by atoms with Crippen LogP contribution in [-0.4, -0.2) is 20.2 Å². The van der Waals surface area contributed by atoms with Crippen LogP contribution in [0.5, 0.6) is 5.75 Å². The van der Waals surface area contributed by atoms with Gasteiger partial charge in [-0.3, -0.25) is 0 Å². The maximum absolute atomic E-state index is 5.97. The third kappa shape index (κ3) is 3.05. The van der Waals surface area contributed by atoms with Crippen LogP contribution < -0.4 is 15.0 Å². The lowest BCUT2D eigenvalue weighted by molar-refractivity contribution is 0.322. The number of rotatable bonds is 4. The summed E-state index contributed by atoms with van der Waals surface area (Å²) >= 11 is 0. The summed E-state index contributed by atoms with van der Waals surface area (Å²) in [5, 5.41) is 3.14. The molecule has 0 aliphatic carbocycles. The van der Waals surface area contributed by atoms with E-state index in [0.717, 1.165) is 55.6 Å². The molecule has 0 amide bonds. The Balaban J connectivity index is 1.82. The molecular formula is C17H22N2O2. The van der Waals surface area contributed by atoms with E-state index in [9.17, 15) is 0 Å². The molecule has 0 saturated carbocycles. The van der Waals surface area contributed by atoms with Gasteiger partial charge >= 0.3 is 0 Å². The molecule has 1 N–H and O–H groups in total. The van der Waals surface area contributed by atoms with Gasteiger partial charge in [0.15, 0.2) is 0 Å². The van der Waals surface area contributed by atoms with Crippen LogP contribution in [0.2, 0.25) is 0 Å². The fourth-order valence-electron chi connectivity index (χ4n) is 2.75. The minimum absolute atomic E-state index is 0.769. The normalized spacial score (nSPS) is 14.5. The van der Waals surface area contributed by atoms with E-state index in [4.69, 9.17) is 9.15 Å². The van der Waals surface area contributed by atoms with Gasteiger partial charge in [0.25, 0.3) is 0 Å². The van der Waals surface area contributed by atoms with E-state index in [1.54, 1.807) is 0 Å². The van der Waals surface area contributed by atoms with Gasteiger partial charge in [0, 0.05) is 6.54 Å². The Labute approximate surface area is 125 Å². The van der Waals surface area contributed by atoms with E-state index in [1.165, 1.54) is 5.56 Å². The topological polar surface area (TPSA) is 37.6 Å². The fraction of sp³-hybridized carbons (Fsp3) is 0.412. The zero-order valence-electron chi connectivity index (χ0n) is 12.7. The first-order valence-electron chi connectivity index (χ1n) is 7.47.